The van der Waals surface area contributed by atoms with Gasteiger partial charge in [0.15, 0.2) is 0 Å². The highest BCUT2D eigenvalue weighted by molar-refractivity contribution is 6.38. The van der Waals surface area contributed by atoms with Crippen LogP contribution in [0.4, 0.5) is 4.79 Å². The third kappa shape index (κ3) is 9.88. The summed E-state index contributed by atoms with van der Waals surface area (Å²) in [6, 6.07) is 4.47. The summed E-state index contributed by atoms with van der Waals surface area (Å²) in [4.78, 5) is 96.0. The maximum Gasteiger partial charge on any atom is 0.408 e. The fourth-order valence-electron chi connectivity index (χ4n) is 6.71. The summed E-state index contributed by atoms with van der Waals surface area (Å²) in [7, 11) is 3.12. The summed E-state index contributed by atoms with van der Waals surface area (Å²) in [5.41, 5.74) is -0.421. The molecule has 1 heterocycles. The fraction of sp³-hybridized carbons (Fsp3) is 0.658. The molecule has 1 saturated carbocycles. The van der Waals surface area contributed by atoms with E-state index in [0.717, 1.165) is 0 Å². The summed E-state index contributed by atoms with van der Waals surface area (Å²) >= 11 is 0. The molecule has 1 aliphatic carbocycles. The van der Waals surface area contributed by atoms with E-state index in [1.165, 1.54) is 9.80 Å². The molecule has 1 saturated heterocycles. The number of nitrogens with one attached hydrogen (secondary N) is 4. The number of amides is 6. The first-order valence-electron chi connectivity index (χ1n) is 18.1. The highest BCUT2D eigenvalue weighted by Crippen LogP contribution is 2.65. The van der Waals surface area contributed by atoms with Crippen molar-refractivity contribution in [3.63, 3.8) is 0 Å². The average molecular weight is 727 g/mol. The Hall–Kier alpha value is -4.49. The van der Waals surface area contributed by atoms with Crippen LogP contribution in [-0.4, -0.2) is 103 Å². The van der Waals surface area contributed by atoms with Crippen molar-refractivity contribution in [1.29, 1.82) is 0 Å². The number of hydrogen-bond acceptors (Lipinski definition) is 8. The third-order valence-electron chi connectivity index (χ3n) is 10.3. The van der Waals surface area contributed by atoms with Gasteiger partial charge in [0.2, 0.25) is 29.4 Å². The molecule has 14 nitrogen and oxygen atoms in total. The van der Waals surface area contributed by atoms with Crippen LogP contribution < -0.4 is 21.3 Å². The maximum atomic E-state index is 14.2. The average Bonchev–Trinajstić information content (AvgIpc) is 3.37. The molecule has 14 heteroatoms. The zero-order valence-corrected chi connectivity index (χ0v) is 32.5. The predicted octanol–water partition coefficient (Wildman–Crippen LogP) is 2.57. The molecule has 0 aromatic heterocycles. The lowest BCUT2D eigenvalue weighted by molar-refractivity contribution is -0.145. The Bertz CT molecular complexity index is 1500. The van der Waals surface area contributed by atoms with E-state index < -0.39 is 71.6 Å². The van der Waals surface area contributed by atoms with Gasteiger partial charge < -0.3 is 35.8 Å². The van der Waals surface area contributed by atoms with Crippen LogP contribution in [0.3, 0.4) is 0 Å². The van der Waals surface area contributed by atoms with Crippen LogP contribution in [0, 0.1) is 28.6 Å². The van der Waals surface area contributed by atoms with Crippen molar-refractivity contribution in [2.45, 2.75) is 105 Å². The molecule has 0 bridgehead atoms. The predicted molar refractivity (Wildman–Crippen MR) is 194 cm³/mol. The van der Waals surface area contributed by atoms with Gasteiger partial charge in [-0.15, -0.1) is 0 Å². The van der Waals surface area contributed by atoms with E-state index in [-0.39, 0.29) is 41.6 Å². The quantitative estimate of drug-likeness (QED) is 0.199. The second-order valence-corrected chi connectivity index (χ2v) is 16.2. The van der Waals surface area contributed by atoms with Gasteiger partial charge in [-0.05, 0) is 47.5 Å². The van der Waals surface area contributed by atoms with Gasteiger partial charge in [-0.1, -0.05) is 92.1 Å². The number of ketones is 1. The molecular weight excluding hydrogens is 668 g/mol. The van der Waals surface area contributed by atoms with E-state index >= 15 is 0 Å². The van der Waals surface area contributed by atoms with E-state index in [9.17, 15) is 33.6 Å². The number of Topliss-reactive ketones (excluding diaryl/α,β-unsaturated/α-hetero) is 1. The number of ether oxygens (including phenoxy) is 1. The van der Waals surface area contributed by atoms with Crippen molar-refractivity contribution < 1.29 is 38.3 Å². The van der Waals surface area contributed by atoms with Crippen LogP contribution in [-0.2, 0) is 33.5 Å². The summed E-state index contributed by atoms with van der Waals surface area (Å²) in [6.07, 6.45) is -0.518. The van der Waals surface area contributed by atoms with Gasteiger partial charge in [-0.2, -0.15) is 0 Å². The molecule has 2 unspecified atom stereocenters. The molecule has 4 N–H and O–H groups in total. The number of alkyl carbamates (subject to hydrolysis) is 1. The van der Waals surface area contributed by atoms with Gasteiger partial charge in [-0.25, -0.2) is 4.79 Å². The van der Waals surface area contributed by atoms with Crippen molar-refractivity contribution in [2.24, 2.45) is 28.6 Å². The number of benzene rings is 1. The molecule has 1 aromatic rings. The Balaban J connectivity index is 1.73. The van der Waals surface area contributed by atoms with Gasteiger partial charge in [0.05, 0.1) is 12.6 Å². The monoisotopic (exact) mass is 726 g/mol. The first kappa shape index (κ1) is 41.9. The van der Waals surface area contributed by atoms with Gasteiger partial charge in [0.1, 0.15) is 24.2 Å². The van der Waals surface area contributed by atoms with E-state index in [0.29, 0.717) is 18.5 Å². The number of nitrogens with zero attached hydrogens (tertiary/aromatic N) is 2. The lowest BCUT2D eigenvalue weighted by atomic mass is 9.85. The minimum atomic E-state index is -1.21. The Kier molecular flexibility index (Phi) is 13.6. The molecule has 7 atom stereocenters. The molecule has 52 heavy (non-hydrogen) atoms. The highest BCUT2D eigenvalue weighted by atomic mass is 16.6. The van der Waals surface area contributed by atoms with Crippen molar-refractivity contribution in [3.8, 4) is 0 Å². The standard InChI is InChI=1S/C38H58N6O8/c1-12-16-25(30(46)33(48)39-19-26(45)41-28(34(49)43(10)11)23-17-14-13-15-18-23)40-32(47)29-27-24(38(27,8)9)20-44(29)35(50)31(37(5,6)7)42-36(51)52-22(4)21(2)3/h13-15,17-18,21-22,24-25,27-29,31H,12,16,19-20H2,1-11H3,(H,39,48)(H,40,47)(H,41,45)(H,42,51)/t22-,24?,25?,27+,28+,29+,31-/m1/s1. The SMILES string of the molecule is CCCC(NC(=O)[C@@H]1[C@@H]2C(CN1C(=O)[C@@H](NC(=O)O[C@H](C)C(C)C)C(C)(C)C)C2(C)C)C(=O)C(=O)NCC(=O)N[C@H](C(=O)N(C)C)c1ccccc1. The third-order valence-corrected chi connectivity index (χ3v) is 10.3. The molecular formula is C38H58N6O8. The van der Waals surface area contributed by atoms with Crippen LogP contribution in [0.2, 0.25) is 0 Å². The number of hydrogen-bond donors (Lipinski definition) is 4. The Labute approximate surface area is 307 Å². The maximum absolute atomic E-state index is 14.2. The van der Waals surface area contributed by atoms with Crippen molar-refractivity contribution in [1.82, 2.24) is 31.1 Å². The molecule has 0 spiro atoms. The smallest absolute Gasteiger partial charge is 0.408 e. The van der Waals surface area contributed by atoms with Gasteiger partial charge >= 0.3 is 6.09 Å². The number of carbonyl (C=O) groups excluding carboxylic acids is 7. The molecule has 3 rings (SSSR count). The molecule has 6 amide bonds. The first-order chi connectivity index (χ1) is 24.1. The van der Waals surface area contributed by atoms with Gasteiger partial charge in [0.25, 0.3) is 5.91 Å². The number of carbonyl (C=O) groups is 7. The van der Waals surface area contributed by atoms with Crippen molar-refractivity contribution in [3.05, 3.63) is 35.9 Å². The molecule has 1 aliphatic heterocycles. The number of likely N-dealkylation sites (N-methyl/N-ethyl adjacent to an activating group) is 1. The molecule has 2 aliphatic rings. The first-order valence-corrected chi connectivity index (χ1v) is 18.1. The van der Waals surface area contributed by atoms with E-state index in [1.54, 1.807) is 58.3 Å². The lowest BCUT2D eigenvalue weighted by Gasteiger charge is -2.38. The summed E-state index contributed by atoms with van der Waals surface area (Å²) in [5, 5.41) is 10.4. The number of rotatable bonds is 15. The Morgan fingerprint density at radius 1 is 0.962 bits per heavy atom. The normalized spacial score (nSPS) is 21.1. The van der Waals surface area contributed by atoms with Crippen LogP contribution in [0.1, 0.15) is 86.8 Å². The minimum Gasteiger partial charge on any atom is -0.446 e. The molecule has 288 valence electrons. The second-order valence-electron chi connectivity index (χ2n) is 16.2. The van der Waals surface area contributed by atoms with Gasteiger partial charge in [-0.3, -0.25) is 28.8 Å². The van der Waals surface area contributed by atoms with E-state index in [1.807, 2.05) is 48.5 Å². The zero-order valence-electron chi connectivity index (χ0n) is 32.5. The Morgan fingerprint density at radius 2 is 1.58 bits per heavy atom. The molecule has 2 fully saturated rings. The second kappa shape index (κ2) is 16.9. The van der Waals surface area contributed by atoms with Crippen molar-refractivity contribution in [2.75, 3.05) is 27.2 Å². The minimum absolute atomic E-state index is 0.0296. The zero-order chi connectivity index (χ0) is 39.3. The van der Waals surface area contributed by atoms with E-state index in [4.69, 9.17) is 4.74 Å². The largest absolute Gasteiger partial charge is 0.446 e. The number of piperidine rings is 1. The van der Waals surface area contributed by atoms with Crippen LogP contribution >= 0.6 is 0 Å². The molecule has 0 radical (unpaired) electrons. The van der Waals surface area contributed by atoms with Crippen molar-refractivity contribution >= 4 is 41.4 Å². The fourth-order valence-corrected chi connectivity index (χ4v) is 6.71. The summed E-state index contributed by atoms with van der Waals surface area (Å²) < 4.78 is 5.49. The van der Waals surface area contributed by atoms with Crippen LogP contribution in [0.5, 0.6) is 0 Å². The van der Waals surface area contributed by atoms with Crippen LogP contribution in [0.25, 0.3) is 0 Å². The summed E-state index contributed by atoms with van der Waals surface area (Å²) in [5.74, 6) is -4.17. The Morgan fingerprint density at radius 3 is 2.12 bits per heavy atom. The number of fused-ring (bicyclic) bond motifs is 1. The topological polar surface area (TPSA) is 183 Å². The van der Waals surface area contributed by atoms with Crippen LogP contribution in [0.15, 0.2) is 30.3 Å². The lowest BCUT2D eigenvalue weighted by Crippen LogP contribution is -2.60. The summed E-state index contributed by atoms with van der Waals surface area (Å²) in [6.45, 7) is 16.6. The van der Waals surface area contributed by atoms with Gasteiger partial charge in [0, 0.05) is 20.6 Å². The molecule has 1 aromatic carbocycles. The van der Waals surface area contributed by atoms with E-state index in [2.05, 4.69) is 21.3 Å². The number of likely N-dealkylation sites (tertiary alicyclic amines) is 1. The highest BCUT2D eigenvalue weighted by Gasteiger charge is 2.70.